The van der Waals surface area contributed by atoms with E-state index in [1.807, 2.05) is 0 Å². The van der Waals surface area contributed by atoms with Gasteiger partial charge in [0.15, 0.2) is 0 Å². The van der Waals surface area contributed by atoms with E-state index in [2.05, 4.69) is 13.8 Å². The molecule has 4 nitrogen and oxygen atoms in total. The highest BCUT2D eigenvalue weighted by Gasteiger charge is 1.95. The van der Waals surface area contributed by atoms with Crippen molar-refractivity contribution < 1.29 is 19.4 Å². The molecule has 0 radical (unpaired) electrons. The fourth-order valence-electron chi connectivity index (χ4n) is 1.31. The number of ether oxygens (including phenoxy) is 1. The van der Waals surface area contributed by atoms with E-state index in [9.17, 15) is 9.59 Å². The summed E-state index contributed by atoms with van der Waals surface area (Å²) in [5, 5.41) is 8.27. The molecule has 0 aliphatic rings. The lowest BCUT2D eigenvalue weighted by Crippen LogP contribution is -2.02. The van der Waals surface area contributed by atoms with E-state index in [1.165, 1.54) is 19.3 Å². The number of esters is 1. The average Bonchev–Trinajstić information content (AvgIpc) is 2.39. The molecule has 0 saturated heterocycles. The van der Waals surface area contributed by atoms with Crippen LogP contribution in [0.1, 0.15) is 78.6 Å². The SMILES string of the molecule is CCCCCCCC(=O)O.CCCCOC(=O)CC. The van der Waals surface area contributed by atoms with Crippen molar-refractivity contribution in [2.75, 3.05) is 6.61 Å². The van der Waals surface area contributed by atoms with E-state index >= 15 is 0 Å². The summed E-state index contributed by atoms with van der Waals surface area (Å²) in [5.74, 6) is -0.764. The molecule has 0 heterocycles. The third-order valence-corrected chi connectivity index (χ3v) is 2.54. The average molecular weight is 274 g/mol. The molecular formula is C15H30O4. The lowest BCUT2D eigenvalue weighted by molar-refractivity contribution is -0.143. The zero-order valence-corrected chi connectivity index (χ0v) is 12.7. The summed E-state index contributed by atoms with van der Waals surface area (Å²) in [7, 11) is 0. The van der Waals surface area contributed by atoms with Crippen molar-refractivity contribution in [3.05, 3.63) is 0 Å². The normalized spacial score (nSPS) is 9.42. The summed E-state index contributed by atoms with van der Waals surface area (Å²) in [6, 6.07) is 0. The largest absolute Gasteiger partial charge is 0.481 e. The van der Waals surface area contributed by atoms with Crippen LogP contribution < -0.4 is 0 Å². The number of carboxylic acids is 1. The monoisotopic (exact) mass is 274 g/mol. The first-order chi connectivity index (χ1) is 9.08. The number of rotatable bonds is 10. The van der Waals surface area contributed by atoms with Crippen LogP contribution in [0.4, 0.5) is 0 Å². The van der Waals surface area contributed by atoms with Gasteiger partial charge >= 0.3 is 11.9 Å². The predicted molar refractivity (Wildman–Crippen MR) is 77.2 cm³/mol. The standard InChI is InChI=1S/C8H16O2.C7H14O2/c1-2-3-4-5-6-7-8(9)10;1-3-5-6-9-7(8)4-2/h2-7H2,1H3,(H,9,10);3-6H2,1-2H3. The zero-order chi connectivity index (χ0) is 14.9. The predicted octanol–water partition coefficient (Wildman–Crippen LogP) is 4.17. The van der Waals surface area contributed by atoms with Crippen molar-refractivity contribution in [1.82, 2.24) is 0 Å². The number of aliphatic carboxylic acids is 1. The molecule has 0 atom stereocenters. The number of unbranched alkanes of at least 4 members (excludes halogenated alkanes) is 5. The van der Waals surface area contributed by atoms with E-state index in [4.69, 9.17) is 9.84 Å². The molecule has 1 N–H and O–H groups in total. The van der Waals surface area contributed by atoms with Crippen molar-refractivity contribution in [2.24, 2.45) is 0 Å². The van der Waals surface area contributed by atoms with Crippen molar-refractivity contribution in [1.29, 1.82) is 0 Å². The van der Waals surface area contributed by atoms with Gasteiger partial charge < -0.3 is 9.84 Å². The molecule has 0 aromatic rings. The fourth-order valence-corrected chi connectivity index (χ4v) is 1.31. The molecule has 0 aliphatic heterocycles. The van der Waals surface area contributed by atoms with Crippen LogP contribution in [0.25, 0.3) is 0 Å². The molecule has 0 spiro atoms. The Morgan fingerprint density at radius 3 is 1.95 bits per heavy atom. The molecular weight excluding hydrogens is 244 g/mol. The van der Waals surface area contributed by atoms with Crippen LogP contribution in [0.3, 0.4) is 0 Å². The van der Waals surface area contributed by atoms with Crippen LogP contribution in [-0.2, 0) is 14.3 Å². The van der Waals surface area contributed by atoms with Crippen molar-refractivity contribution >= 4 is 11.9 Å². The number of hydrogen-bond donors (Lipinski definition) is 1. The van der Waals surface area contributed by atoms with Gasteiger partial charge in [0.05, 0.1) is 6.61 Å². The molecule has 19 heavy (non-hydrogen) atoms. The molecule has 4 heteroatoms. The zero-order valence-electron chi connectivity index (χ0n) is 12.7. The fraction of sp³-hybridized carbons (Fsp3) is 0.867. The maximum atomic E-state index is 10.5. The van der Waals surface area contributed by atoms with Crippen LogP contribution in [0.15, 0.2) is 0 Å². The molecule has 0 bridgehead atoms. The lowest BCUT2D eigenvalue weighted by atomic mass is 10.1. The van der Waals surface area contributed by atoms with Gasteiger partial charge in [-0.25, -0.2) is 0 Å². The molecule has 0 aliphatic carbocycles. The van der Waals surface area contributed by atoms with Gasteiger partial charge in [-0.1, -0.05) is 52.9 Å². The van der Waals surface area contributed by atoms with E-state index in [-0.39, 0.29) is 5.97 Å². The third-order valence-electron chi connectivity index (χ3n) is 2.54. The Balaban J connectivity index is 0. The highest BCUT2D eigenvalue weighted by atomic mass is 16.5. The first-order valence-electron chi connectivity index (χ1n) is 7.45. The molecule has 0 amide bonds. The van der Waals surface area contributed by atoms with E-state index in [1.54, 1.807) is 6.92 Å². The minimum Gasteiger partial charge on any atom is -0.481 e. The third kappa shape index (κ3) is 22.6. The topological polar surface area (TPSA) is 63.6 Å². The molecule has 0 saturated carbocycles. The Labute approximate surface area is 117 Å². The van der Waals surface area contributed by atoms with Crippen molar-refractivity contribution in [2.45, 2.75) is 78.6 Å². The van der Waals surface area contributed by atoms with Crippen LogP contribution >= 0.6 is 0 Å². The lowest BCUT2D eigenvalue weighted by Gasteiger charge is -1.99. The van der Waals surface area contributed by atoms with Gasteiger partial charge in [0, 0.05) is 12.8 Å². The van der Waals surface area contributed by atoms with Crippen molar-refractivity contribution in [3.63, 3.8) is 0 Å². The quantitative estimate of drug-likeness (QED) is 0.479. The van der Waals surface area contributed by atoms with Crippen molar-refractivity contribution in [3.8, 4) is 0 Å². The molecule has 0 unspecified atom stereocenters. The van der Waals surface area contributed by atoms with Gasteiger partial charge in [0.2, 0.25) is 0 Å². The maximum Gasteiger partial charge on any atom is 0.305 e. The minimum absolute atomic E-state index is 0.0940. The van der Waals surface area contributed by atoms with Crippen LogP contribution in [0.2, 0.25) is 0 Å². The molecule has 114 valence electrons. The smallest absolute Gasteiger partial charge is 0.305 e. The Morgan fingerprint density at radius 1 is 0.895 bits per heavy atom. The number of carboxylic acid groups (broad SMARTS) is 1. The number of carbonyl (C=O) groups is 2. The number of hydrogen-bond acceptors (Lipinski definition) is 3. The second-order valence-corrected chi connectivity index (χ2v) is 4.49. The first-order valence-corrected chi connectivity index (χ1v) is 7.45. The summed E-state index contributed by atoms with van der Waals surface area (Å²) in [6.07, 6.45) is 8.43. The molecule has 0 aromatic heterocycles. The second kappa shape index (κ2) is 16.9. The summed E-state index contributed by atoms with van der Waals surface area (Å²) in [6.45, 7) is 6.61. The molecule has 0 rings (SSSR count). The van der Waals surface area contributed by atoms with Crippen LogP contribution in [0, 0.1) is 0 Å². The second-order valence-electron chi connectivity index (χ2n) is 4.49. The van der Waals surface area contributed by atoms with Gasteiger partial charge in [-0.3, -0.25) is 9.59 Å². The highest BCUT2D eigenvalue weighted by Crippen LogP contribution is 2.04. The summed E-state index contributed by atoms with van der Waals surface area (Å²) in [5.41, 5.74) is 0. The van der Waals surface area contributed by atoms with E-state index in [0.29, 0.717) is 19.4 Å². The Kier molecular flexibility index (Phi) is 18.1. The molecule has 0 fully saturated rings. The molecule has 0 aromatic carbocycles. The van der Waals surface area contributed by atoms with Crippen LogP contribution in [0.5, 0.6) is 0 Å². The summed E-state index contributed by atoms with van der Waals surface area (Å²) >= 11 is 0. The van der Waals surface area contributed by atoms with Gasteiger partial charge in [0.1, 0.15) is 0 Å². The minimum atomic E-state index is -0.670. The van der Waals surface area contributed by atoms with Crippen LogP contribution in [-0.4, -0.2) is 23.7 Å². The Bertz CT molecular complexity index is 214. The Hall–Kier alpha value is -1.06. The van der Waals surface area contributed by atoms with Gasteiger partial charge in [-0.2, -0.15) is 0 Å². The van der Waals surface area contributed by atoms with Gasteiger partial charge in [0.25, 0.3) is 0 Å². The number of carbonyl (C=O) groups excluding carboxylic acids is 1. The Morgan fingerprint density at radius 2 is 1.47 bits per heavy atom. The summed E-state index contributed by atoms with van der Waals surface area (Å²) < 4.78 is 4.79. The van der Waals surface area contributed by atoms with E-state index in [0.717, 1.165) is 25.7 Å². The summed E-state index contributed by atoms with van der Waals surface area (Å²) in [4.78, 5) is 20.5. The maximum absolute atomic E-state index is 10.5. The first kappa shape index (κ1) is 20.3. The van der Waals surface area contributed by atoms with Gasteiger partial charge in [-0.15, -0.1) is 0 Å². The highest BCUT2D eigenvalue weighted by molar-refractivity contribution is 5.68. The van der Waals surface area contributed by atoms with Gasteiger partial charge in [-0.05, 0) is 12.8 Å². The van der Waals surface area contributed by atoms with E-state index < -0.39 is 5.97 Å².